The summed E-state index contributed by atoms with van der Waals surface area (Å²) in [5.74, 6) is 1.60. The average molecular weight is 304 g/mol. The van der Waals surface area contributed by atoms with Gasteiger partial charge in [-0.25, -0.2) is 4.98 Å². The van der Waals surface area contributed by atoms with Crippen LogP contribution < -0.4 is 4.74 Å². The van der Waals surface area contributed by atoms with Gasteiger partial charge in [-0.3, -0.25) is 0 Å². The summed E-state index contributed by atoms with van der Waals surface area (Å²) in [4.78, 5) is 4.45. The van der Waals surface area contributed by atoms with Gasteiger partial charge in [0.25, 0.3) is 0 Å². The zero-order valence-corrected chi connectivity index (χ0v) is 12.0. The SMILES string of the molecule is ClCc1cc2ccccc2c(Oc2ccc(Cl)cc2)n1. The first-order valence-corrected chi connectivity index (χ1v) is 7.05. The van der Waals surface area contributed by atoms with E-state index in [2.05, 4.69) is 4.98 Å². The number of fused-ring (bicyclic) bond motifs is 1. The first kappa shape index (κ1) is 13.2. The summed E-state index contributed by atoms with van der Waals surface area (Å²) >= 11 is 11.8. The molecule has 0 saturated heterocycles. The summed E-state index contributed by atoms with van der Waals surface area (Å²) in [7, 11) is 0. The van der Waals surface area contributed by atoms with Gasteiger partial charge in [-0.05, 0) is 41.8 Å². The number of ether oxygens (including phenoxy) is 1. The topological polar surface area (TPSA) is 22.1 Å². The summed E-state index contributed by atoms with van der Waals surface area (Å²) in [6.45, 7) is 0. The molecule has 1 heterocycles. The van der Waals surface area contributed by atoms with Gasteiger partial charge in [-0.1, -0.05) is 29.8 Å². The predicted octanol–water partition coefficient (Wildman–Crippen LogP) is 5.42. The van der Waals surface area contributed by atoms with E-state index in [-0.39, 0.29) is 0 Å². The quantitative estimate of drug-likeness (QED) is 0.603. The molecule has 0 N–H and O–H groups in total. The first-order valence-electron chi connectivity index (χ1n) is 6.14. The number of nitrogens with zero attached hydrogens (tertiary/aromatic N) is 1. The van der Waals surface area contributed by atoms with E-state index >= 15 is 0 Å². The van der Waals surface area contributed by atoms with Crippen LogP contribution in [0, 0.1) is 0 Å². The van der Waals surface area contributed by atoms with E-state index in [4.69, 9.17) is 27.9 Å². The Morgan fingerprint density at radius 2 is 1.75 bits per heavy atom. The normalized spacial score (nSPS) is 10.7. The highest BCUT2D eigenvalue weighted by molar-refractivity contribution is 6.30. The van der Waals surface area contributed by atoms with Crippen molar-refractivity contribution >= 4 is 34.0 Å². The molecule has 0 aliphatic carbocycles. The minimum Gasteiger partial charge on any atom is -0.438 e. The van der Waals surface area contributed by atoms with Gasteiger partial charge < -0.3 is 4.74 Å². The summed E-state index contributed by atoms with van der Waals surface area (Å²) in [5, 5.41) is 2.68. The molecule has 4 heteroatoms. The van der Waals surface area contributed by atoms with Gasteiger partial charge in [-0.2, -0.15) is 0 Å². The van der Waals surface area contributed by atoms with Gasteiger partial charge in [0.2, 0.25) is 5.88 Å². The predicted molar refractivity (Wildman–Crippen MR) is 82.8 cm³/mol. The fourth-order valence-corrected chi connectivity index (χ4v) is 2.24. The molecule has 0 atom stereocenters. The lowest BCUT2D eigenvalue weighted by Crippen LogP contribution is -1.93. The van der Waals surface area contributed by atoms with Crippen molar-refractivity contribution in [3.05, 3.63) is 65.3 Å². The van der Waals surface area contributed by atoms with Crippen LogP contribution in [0.15, 0.2) is 54.6 Å². The van der Waals surface area contributed by atoms with Crippen molar-refractivity contribution in [3.8, 4) is 11.6 Å². The highest BCUT2D eigenvalue weighted by atomic mass is 35.5. The third kappa shape index (κ3) is 2.72. The monoisotopic (exact) mass is 303 g/mol. The van der Waals surface area contributed by atoms with Crippen LogP contribution in [0.4, 0.5) is 0 Å². The number of benzene rings is 2. The fourth-order valence-electron chi connectivity index (χ4n) is 1.98. The van der Waals surface area contributed by atoms with Crippen molar-refractivity contribution in [2.24, 2.45) is 0 Å². The van der Waals surface area contributed by atoms with E-state index in [1.807, 2.05) is 42.5 Å². The van der Waals surface area contributed by atoms with Crippen LogP contribution in [0.1, 0.15) is 5.69 Å². The Morgan fingerprint density at radius 3 is 2.50 bits per heavy atom. The van der Waals surface area contributed by atoms with E-state index < -0.39 is 0 Å². The molecule has 2 nitrogen and oxygen atoms in total. The number of alkyl halides is 1. The maximum atomic E-state index is 5.89. The van der Waals surface area contributed by atoms with Gasteiger partial charge in [-0.15, -0.1) is 11.6 Å². The number of aromatic nitrogens is 1. The summed E-state index contributed by atoms with van der Waals surface area (Å²) in [5.41, 5.74) is 0.786. The number of rotatable bonds is 3. The molecule has 100 valence electrons. The van der Waals surface area contributed by atoms with Crippen molar-refractivity contribution in [2.45, 2.75) is 5.88 Å². The second-order valence-electron chi connectivity index (χ2n) is 4.33. The molecule has 0 radical (unpaired) electrons. The molecular formula is C16H11Cl2NO. The van der Waals surface area contributed by atoms with Crippen LogP contribution >= 0.6 is 23.2 Å². The van der Waals surface area contributed by atoms with Crippen molar-refractivity contribution in [1.82, 2.24) is 4.98 Å². The van der Waals surface area contributed by atoms with E-state index in [0.29, 0.717) is 22.5 Å². The molecule has 3 rings (SSSR count). The van der Waals surface area contributed by atoms with Gasteiger partial charge in [0.1, 0.15) is 5.75 Å². The number of hydrogen-bond acceptors (Lipinski definition) is 2. The molecule has 20 heavy (non-hydrogen) atoms. The highest BCUT2D eigenvalue weighted by Gasteiger charge is 2.07. The Hall–Kier alpha value is -1.77. The van der Waals surface area contributed by atoms with Crippen molar-refractivity contribution in [1.29, 1.82) is 0 Å². The van der Waals surface area contributed by atoms with Gasteiger partial charge in [0, 0.05) is 10.4 Å². The lowest BCUT2D eigenvalue weighted by Gasteiger charge is -2.09. The van der Waals surface area contributed by atoms with E-state index in [1.165, 1.54) is 0 Å². The molecule has 2 aromatic carbocycles. The molecule has 0 fully saturated rings. The van der Waals surface area contributed by atoms with Crippen molar-refractivity contribution in [3.63, 3.8) is 0 Å². The largest absolute Gasteiger partial charge is 0.438 e. The minimum atomic E-state index is 0.349. The molecule has 0 bridgehead atoms. The smallest absolute Gasteiger partial charge is 0.227 e. The van der Waals surface area contributed by atoms with Crippen molar-refractivity contribution in [2.75, 3.05) is 0 Å². The Labute approximate surface area is 126 Å². The summed E-state index contributed by atoms with van der Waals surface area (Å²) in [6.07, 6.45) is 0. The lowest BCUT2D eigenvalue weighted by molar-refractivity contribution is 0.468. The van der Waals surface area contributed by atoms with Gasteiger partial charge in [0.15, 0.2) is 0 Å². The first-order chi connectivity index (χ1) is 9.76. The lowest BCUT2D eigenvalue weighted by atomic mass is 10.1. The third-order valence-corrected chi connectivity index (χ3v) is 3.45. The fraction of sp³-hybridized carbons (Fsp3) is 0.0625. The second-order valence-corrected chi connectivity index (χ2v) is 5.03. The van der Waals surface area contributed by atoms with Gasteiger partial charge in [0.05, 0.1) is 11.6 Å². The maximum Gasteiger partial charge on any atom is 0.227 e. The van der Waals surface area contributed by atoms with Crippen LogP contribution in [0.25, 0.3) is 10.8 Å². The molecule has 0 aliphatic rings. The number of pyridine rings is 1. The second kappa shape index (κ2) is 5.70. The standard InChI is InChI=1S/C16H11Cl2NO/c17-10-13-9-11-3-1-2-4-15(11)16(19-13)20-14-7-5-12(18)6-8-14/h1-9H,10H2. The zero-order chi connectivity index (χ0) is 13.9. The Balaban J connectivity index is 2.07. The molecule has 0 spiro atoms. The molecular weight excluding hydrogens is 293 g/mol. The Bertz CT molecular complexity index is 741. The van der Waals surface area contributed by atoms with E-state index in [1.54, 1.807) is 12.1 Å². The van der Waals surface area contributed by atoms with Crippen LogP contribution in [0.3, 0.4) is 0 Å². The zero-order valence-electron chi connectivity index (χ0n) is 10.5. The van der Waals surface area contributed by atoms with Gasteiger partial charge >= 0.3 is 0 Å². The van der Waals surface area contributed by atoms with E-state index in [9.17, 15) is 0 Å². The number of hydrogen-bond donors (Lipinski definition) is 0. The third-order valence-electron chi connectivity index (χ3n) is 2.92. The van der Waals surface area contributed by atoms with E-state index in [0.717, 1.165) is 16.5 Å². The molecule has 0 amide bonds. The molecule has 0 unspecified atom stereocenters. The van der Waals surface area contributed by atoms with Crippen LogP contribution in [-0.4, -0.2) is 4.98 Å². The van der Waals surface area contributed by atoms with Crippen LogP contribution in [0.5, 0.6) is 11.6 Å². The minimum absolute atomic E-state index is 0.349. The number of halogens is 2. The average Bonchev–Trinajstić information content (AvgIpc) is 2.49. The highest BCUT2D eigenvalue weighted by Crippen LogP contribution is 2.29. The summed E-state index contributed by atoms with van der Waals surface area (Å²) in [6, 6.07) is 17.1. The molecule has 3 aromatic rings. The van der Waals surface area contributed by atoms with Crippen molar-refractivity contribution < 1.29 is 4.74 Å². The maximum absolute atomic E-state index is 5.89. The molecule has 0 saturated carbocycles. The molecule has 0 aliphatic heterocycles. The summed E-state index contributed by atoms with van der Waals surface area (Å²) < 4.78 is 5.86. The Kier molecular flexibility index (Phi) is 3.77. The Morgan fingerprint density at radius 1 is 1.00 bits per heavy atom. The van der Waals surface area contributed by atoms with Crippen LogP contribution in [0.2, 0.25) is 5.02 Å². The molecule has 1 aromatic heterocycles. The van der Waals surface area contributed by atoms with Crippen LogP contribution in [-0.2, 0) is 5.88 Å².